The standard InChI is InChI=1S/C14H27NO5/c1-7(2)8(3)5-10-13(18)14(19)12(15-9(4)17)11(6-16)20-10/h7-8,10-14,16,18-19H,5-6H2,1-4H3,(H,15,17). The van der Waals surface area contributed by atoms with Crippen LogP contribution in [0.3, 0.4) is 0 Å². The van der Waals surface area contributed by atoms with E-state index in [4.69, 9.17) is 4.74 Å². The van der Waals surface area contributed by atoms with E-state index in [2.05, 4.69) is 26.1 Å². The van der Waals surface area contributed by atoms with E-state index in [0.717, 1.165) is 0 Å². The van der Waals surface area contributed by atoms with Gasteiger partial charge < -0.3 is 25.4 Å². The second-order valence-corrected chi connectivity index (χ2v) is 6.06. The Bertz CT molecular complexity index is 321. The van der Waals surface area contributed by atoms with Crippen molar-refractivity contribution in [1.29, 1.82) is 0 Å². The normalized spacial score (nSPS) is 35.9. The van der Waals surface area contributed by atoms with Gasteiger partial charge in [-0.25, -0.2) is 0 Å². The van der Waals surface area contributed by atoms with Gasteiger partial charge in [-0.15, -0.1) is 0 Å². The number of nitrogens with one attached hydrogen (secondary N) is 1. The van der Waals surface area contributed by atoms with Gasteiger partial charge in [0.15, 0.2) is 0 Å². The predicted octanol–water partition coefficient (Wildman–Crippen LogP) is -0.345. The average molecular weight is 289 g/mol. The Morgan fingerprint density at radius 2 is 1.80 bits per heavy atom. The van der Waals surface area contributed by atoms with Crippen molar-refractivity contribution in [2.24, 2.45) is 11.8 Å². The van der Waals surface area contributed by atoms with Crippen LogP contribution in [0.5, 0.6) is 0 Å². The van der Waals surface area contributed by atoms with Gasteiger partial charge in [0.25, 0.3) is 0 Å². The van der Waals surface area contributed by atoms with Crippen molar-refractivity contribution in [3.8, 4) is 0 Å². The molecule has 0 aromatic rings. The van der Waals surface area contributed by atoms with Gasteiger partial charge in [0.05, 0.1) is 18.8 Å². The molecule has 1 aliphatic heterocycles. The summed E-state index contributed by atoms with van der Waals surface area (Å²) in [5.74, 6) is 0.416. The SMILES string of the molecule is CC(=O)NC1C(CO)OC(CC(C)C(C)C)C(O)C1O. The zero-order valence-electron chi connectivity index (χ0n) is 12.6. The molecule has 118 valence electrons. The number of carbonyl (C=O) groups excluding carboxylic acids is 1. The molecule has 1 heterocycles. The first-order valence-electron chi connectivity index (χ1n) is 7.17. The van der Waals surface area contributed by atoms with Crippen LogP contribution in [-0.4, -0.2) is 58.3 Å². The molecule has 20 heavy (non-hydrogen) atoms. The van der Waals surface area contributed by atoms with Crippen molar-refractivity contribution < 1.29 is 24.9 Å². The monoisotopic (exact) mass is 289 g/mol. The average Bonchev–Trinajstić information content (AvgIpc) is 2.37. The summed E-state index contributed by atoms with van der Waals surface area (Å²) in [6.07, 6.45) is -2.87. The fraction of sp³-hybridized carbons (Fsp3) is 0.929. The maximum absolute atomic E-state index is 11.1. The Hall–Kier alpha value is -0.690. The van der Waals surface area contributed by atoms with Gasteiger partial charge in [0.2, 0.25) is 5.91 Å². The summed E-state index contributed by atoms with van der Waals surface area (Å²) < 4.78 is 5.68. The number of hydrogen-bond donors (Lipinski definition) is 4. The maximum Gasteiger partial charge on any atom is 0.217 e. The van der Waals surface area contributed by atoms with E-state index in [1.54, 1.807) is 0 Å². The molecule has 0 radical (unpaired) electrons. The summed E-state index contributed by atoms with van der Waals surface area (Å²) in [7, 11) is 0. The first-order valence-corrected chi connectivity index (χ1v) is 7.17. The summed E-state index contributed by atoms with van der Waals surface area (Å²) in [6.45, 7) is 7.22. The lowest BCUT2D eigenvalue weighted by Crippen LogP contribution is -2.64. The number of aliphatic hydroxyl groups is 3. The highest BCUT2D eigenvalue weighted by atomic mass is 16.5. The fourth-order valence-electron chi connectivity index (χ4n) is 2.45. The summed E-state index contributed by atoms with van der Waals surface area (Å²) >= 11 is 0. The van der Waals surface area contributed by atoms with Crippen LogP contribution in [-0.2, 0) is 9.53 Å². The van der Waals surface area contributed by atoms with Crippen LogP contribution in [0.4, 0.5) is 0 Å². The Morgan fingerprint density at radius 3 is 2.25 bits per heavy atom. The van der Waals surface area contributed by atoms with Crippen molar-refractivity contribution in [3.63, 3.8) is 0 Å². The third-order valence-corrected chi connectivity index (χ3v) is 4.14. The molecular formula is C14H27NO5. The topological polar surface area (TPSA) is 99.0 Å². The van der Waals surface area contributed by atoms with E-state index in [1.807, 2.05) is 0 Å². The van der Waals surface area contributed by atoms with Crippen molar-refractivity contribution in [2.75, 3.05) is 6.61 Å². The lowest BCUT2D eigenvalue weighted by Gasteiger charge is -2.43. The molecule has 1 fully saturated rings. The highest BCUT2D eigenvalue weighted by molar-refractivity contribution is 5.73. The van der Waals surface area contributed by atoms with Gasteiger partial charge in [-0.05, 0) is 18.3 Å². The van der Waals surface area contributed by atoms with Gasteiger partial charge >= 0.3 is 0 Å². The van der Waals surface area contributed by atoms with E-state index in [-0.39, 0.29) is 12.5 Å². The van der Waals surface area contributed by atoms with Crippen LogP contribution >= 0.6 is 0 Å². The third kappa shape index (κ3) is 4.15. The molecule has 6 unspecified atom stereocenters. The van der Waals surface area contributed by atoms with Crippen molar-refractivity contribution in [1.82, 2.24) is 5.32 Å². The van der Waals surface area contributed by atoms with Crippen LogP contribution in [0.25, 0.3) is 0 Å². The van der Waals surface area contributed by atoms with Gasteiger partial charge in [0, 0.05) is 6.92 Å². The third-order valence-electron chi connectivity index (χ3n) is 4.14. The molecular weight excluding hydrogens is 262 g/mol. The molecule has 1 aliphatic rings. The molecule has 4 N–H and O–H groups in total. The van der Waals surface area contributed by atoms with Crippen LogP contribution < -0.4 is 5.32 Å². The zero-order valence-corrected chi connectivity index (χ0v) is 12.6. The second-order valence-electron chi connectivity index (χ2n) is 6.06. The van der Waals surface area contributed by atoms with E-state index in [0.29, 0.717) is 18.3 Å². The van der Waals surface area contributed by atoms with E-state index < -0.39 is 30.5 Å². The Balaban J connectivity index is 2.77. The summed E-state index contributed by atoms with van der Waals surface area (Å²) in [4.78, 5) is 11.1. The summed E-state index contributed by atoms with van der Waals surface area (Å²) in [6, 6.07) is -0.793. The molecule has 0 aliphatic carbocycles. The molecule has 0 aromatic carbocycles. The molecule has 6 nitrogen and oxygen atoms in total. The smallest absolute Gasteiger partial charge is 0.217 e. The number of aliphatic hydroxyl groups excluding tert-OH is 3. The lowest BCUT2D eigenvalue weighted by atomic mass is 9.85. The van der Waals surface area contributed by atoms with E-state index in [9.17, 15) is 20.1 Å². The molecule has 0 saturated carbocycles. The lowest BCUT2D eigenvalue weighted by molar-refractivity contribution is -0.198. The van der Waals surface area contributed by atoms with Gasteiger partial charge in [-0.3, -0.25) is 4.79 Å². The number of hydrogen-bond acceptors (Lipinski definition) is 5. The minimum atomic E-state index is -1.14. The van der Waals surface area contributed by atoms with Crippen molar-refractivity contribution in [2.45, 2.75) is 64.6 Å². The zero-order chi connectivity index (χ0) is 15.4. The fourth-order valence-corrected chi connectivity index (χ4v) is 2.45. The number of ether oxygens (including phenoxy) is 1. The molecule has 6 atom stereocenters. The van der Waals surface area contributed by atoms with E-state index in [1.165, 1.54) is 6.92 Å². The van der Waals surface area contributed by atoms with Crippen LogP contribution in [0, 0.1) is 11.8 Å². The van der Waals surface area contributed by atoms with Gasteiger partial charge in [0.1, 0.15) is 18.3 Å². The number of amides is 1. The molecule has 0 aromatic heterocycles. The largest absolute Gasteiger partial charge is 0.394 e. The second kappa shape index (κ2) is 7.36. The van der Waals surface area contributed by atoms with Crippen LogP contribution in [0.15, 0.2) is 0 Å². The molecule has 0 bridgehead atoms. The number of rotatable bonds is 5. The molecule has 6 heteroatoms. The molecule has 1 saturated heterocycles. The Morgan fingerprint density at radius 1 is 1.20 bits per heavy atom. The first-order chi connectivity index (χ1) is 9.27. The minimum absolute atomic E-state index is 0.318. The Labute approximate surface area is 120 Å². The van der Waals surface area contributed by atoms with Crippen LogP contribution in [0.1, 0.15) is 34.1 Å². The van der Waals surface area contributed by atoms with Crippen molar-refractivity contribution in [3.05, 3.63) is 0 Å². The summed E-state index contributed by atoms with van der Waals surface area (Å²) in [5.41, 5.74) is 0. The van der Waals surface area contributed by atoms with Gasteiger partial charge in [-0.1, -0.05) is 20.8 Å². The summed E-state index contributed by atoms with van der Waals surface area (Å²) in [5, 5.41) is 32.2. The maximum atomic E-state index is 11.1. The van der Waals surface area contributed by atoms with E-state index >= 15 is 0 Å². The molecule has 1 rings (SSSR count). The number of carbonyl (C=O) groups is 1. The highest BCUT2D eigenvalue weighted by Crippen LogP contribution is 2.27. The molecule has 1 amide bonds. The first kappa shape index (κ1) is 17.4. The Kier molecular flexibility index (Phi) is 6.39. The van der Waals surface area contributed by atoms with Gasteiger partial charge in [-0.2, -0.15) is 0 Å². The highest BCUT2D eigenvalue weighted by Gasteiger charge is 2.44. The van der Waals surface area contributed by atoms with Crippen molar-refractivity contribution >= 4 is 5.91 Å². The van der Waals surface area contributed by atoms with Crippen LogP contribution in [0.2, 0.25) is 0 Å². The minimum Gasteiger partial charge on any atom is -0.394 e. The quantitative estimate of drug-likeness (QED) is 0.555. The molecule has 0 spiro atoms. The predicted molar refractivity (Wildman–Crippen MR) is 74.0 cm³/mol.